The predicted molar refractivity (Wildman–Crippen MR) is 143 cm³/mol. The Morgan fingerprint density at radius 3 is 2.73 bits per heavy atom. The zero-order valence-corrected chi connectivity index (χ0v) is 22.1. The van der Waals surface area contributed by atoms with Crippen LogP contribution in [0.4, 0.5) is 4.79 Å². The zero-order valence-electron chi connectivity index (χ0n) is 22.1. The summed E-state index contributed by atoms with van der Waals surface area (Å²) in [7, 11) is 1.95. The van der Waals surface area contributed by atoms with Gasteiger partial charge in [0.05, 0.1) is 11.3 Å². The van der Waals surface area contributed by atoms with E-state index < -0.39 is 11.7 Å². The Bertz CT molecular complexity index is 1480. The number of aromatic nitrogens is 4. The largest absolute Gasteiger partial charge is 0.444 e. The van der Waals surface area contributed by atoms with Gasteiger partial charge in [-0.15, -0.1) is 0 Å². The number of ether oxygens (including phenoxy) is 1. The first-order valence-electron chi connectivity index (χ1n) is 12.8. The summed E-state index contributed by atoms with van der Waals surface area (Å²) < 4.78 is 9.60. The quantitative estimate of drug-likeness (QED) is 0.435. The fourth-order valence-corrected chi connectivity index (χ4v) is 5.09. The van der Waals surface area contributed by atoms with Gasteiger partial charge in [0.25, 0.3) is 5.91 Å². The van der Waals surface area contributed by atoms with E-state index in [9.17, 15) is 9.59 Å². The van der Waals surface area contributed by atoms with Crippen molar-refractivity contribution < 1.29 is 14.3 Å². The molecule has 1 unspecified atom stereocenters. The Labute approximate surface area is 216 Å². The number of pyridine rings is 1. The van der Waals surface area contributed by atoms with Crippen molar-refractivity contribution >= 4 is 34.1 Å². The molecule has 4 aromatic rings. The van der Waals surface area contributed by atoms with Crippen LogP contribution in [0.5, 0.6) is 0 Å². The van der Waals surface area contributed by atoms with Crippen LogP contribution in [0.15, 0.2) is 42.6 Å². The maximum absolute atomic E-state index is 13.4. The number of amides is 2. The summed E-state index contributed by atoms with van der Waals surface area (Å²) >= 11 is 0. The number of likely N-dealkylation sites (tertiary alicyclic amines) is 1. The van der Waals surface area contributed by atoms with Gasteiger partial charge in [0.1, 0.15) is 11.1 Å². The number of nitrogens with zero attached hydrogens (tertiary/aromatic N) is 5. The Balaban J connectivity index is 1.39. The number of piperidine rings is 1. The highest BCUT2D eigenvalue weighted by atomic mass is 16.6. The van der Waals surface area contributed by atoms with Crippen molar-refractivity contribution in [2.24, 2.45) is 7.05 Å². The maximum Gasteiger partial charge on any atom is 0.407 e. The highest BCUT2D eigenvalue weighted by Crippen LogP contribution is 2.29. The molecule has 1 aliphatic rings. The fourth-order valence-electron chi connectivity index (χ4n) is 5.09. The number of hydrogen-bond acceptors (Lipinski definition) is 5. The van der Waals surface area contributed by atoms with Crippen LogP contribution in [0, 0.1) is 0 Å². The van der Waals surface area contributed by atoms with Crippen molar-refractivity contribution in [3.05, 3.63) is 48.2 Å². The lowest BCUT2D eigenvalue weighted by atomic mass is 10.0. The first kappa shape index (κ1) is 24.8. The molecule has 9 nitrogen and oxygen atoms in total. The number of carbonyl (C=O) groups is 2. The molecule has 5 rings (SSSR count). The summed E-state index contributed by atoms with van der Waals surface area (Å²) in [5, 5.41) is 4.07. The van der Waals surface area contributed by atoms with E-state index in [1.54, 1.807) is 11.1 Å². The van der Waals surface area contributed by atoms with E-state index in [0.717, 1.165) is 47.5 Å². The molecule has 0 radical (unpaired) electrons. The number of benzene rings is 1. The second-order valence-electron chi connectivity index (χ2n) is 10.6. The smallest absolute Gasteiger partial charge is 0.407 e. The van der Waals surface area contributed by atoms with Crippen molar-refractivity contribution in [2.45, 2.75) is 58.7 Å². The van der Waals surface area contributed by atoms with Gasteiger partial charge in [0.15, 0.2) is 11.5 Å². The zero-order chi connectivity index (χ0) is 26.3. The van der Waals surface area contributed by atoms with Crippen LogP contribution in [0.2, 0.25) is 0 Å². The first-order valence-corrected chi connectivity index (χ1v) is 12.8. The number of nitrogens with one attached hydrogen (secondary N) is 1. The first-order chi connectivity index (χ1) is 17.6. The number of hydrogen-bond donors (Lipinski definition) is 1. The topological polar surface area (TPSA) is 94.3 Å². The molecule has 0 saturated carbocycles. The molecule has 1 atom stereocenters. The van der Waals surface area contributed by atoms with Crippen LogP contribution in [0.3, 0.4) is 0 Å². The SMILES string of the molecule is CCn1c(-c2nc3cc(C(=O)N4CCCC(NC(=O)OC(C)(C)C)C4)cnc3n2C)cc2ccccc21. The number of aryl methyl sites for hydroxylation is 2. The van der Waals surface area contributed by atoms with Gasteiger partial charge in [-0.2, -0.15) is 0 Å². The molecule has 0 bridgehead atoms. The predicted octanol–water partition coefficient (Wildman–Crippen LogP) is 4.74. The van der Waals surface area contributed by atoms with Gasteiger partial charge in [-0.25, -0.2) is 14.8 Å². The van der Waals surface area contributed by atoms with Crippen LogP contribution in [-0.2, 0) is 18.3 Å². The van der Waals surface area contributed by atoms with E-state index in [2.05, 4.69) is 40.0 Å². The molecule has 0 spiro atoms. The van der Waals surface area contributed by atoms with E-state index >= 15 is 0 Å². The summed E-state index contributed by atoms with van der Waals surface area (Å²) in [6.45, 7) is 9.49. The van der Waals surface area contributed by atoms with Gasteiger partial charge in [-0.05, 0) is 58.7 Å². The van der Waals surface area contributed by atoms with Gasteiger partial charge in [0.2, 0.25) is 0 Å². The highest BCUT2D eigenvalue weighted by Gasteiger charge is 2.28. The standard InChI is InChI=1S/C28H34N6O3/c1-6-34-22-12-8-7-10-18(22)15-23(34)25-31-21-14-19(16-29-24(21)32(25)5)26(35)33-13-9-11-20(17-33)30-27(36)37-28(2,3)4/h7-8,10,12,14-16,20H,6,9,11,13,17H2,1-5H3,(H,30,36). The van der Waals surface area contributed by atoms with Crippen molar-refractivity contribution in [1.29, 1.82) is 0 Å². The molecule has 2 amide bonds. The summed E-state index contributed by atoms with van der Waals surface area (Å²) in [5.41, 5.74) is 3.51. The summed E-state index contributed by atoms with van der Waals surface area (Å²) in [5.74, 6) is 0.699. The molecular weight excluding hydrogens is 468 g/mol. The molecule has 1 aliphatic heterocycles. The minimum Gasteiger partial charge on any atom is -0.444 e. The summed E-state index contributed by atoms with van der Waals surface area (Å²) in [6, 6.07) is 12.1. The number of para-hydroxylation sites is 1. The van der Waals surface area contributed by atoms with Crippen LogP contribution >= 0.6 is 0 Å². The maximum atomic E-state index is 13.4. The van der Waals surface area contributed by atoms with E-state index in [1.165, 1.54) is 0 Å². The van der Waals surface area contributed by atoms with Gasteiger partial charge in [0, 0.05) is 49.8 Å². The summed E-state index contributed by atoms with van der Waals surface area (Å²) in [6.07, 6.45) is 2.77. The van der Waals surface area contributed by atoms with Crippen molar-refractivity contribution in [3.63, 3.8) is 0 Å². The van der Waals surface area contributed by atoms with Crippen molar-refractivity contribution in [2.75, 3.05) is 13.1 Å². The molecule has 9 heteroatoms. The van der Waals surface area contributed by atoms with E-state index in [-0.39, 0.29) is 11.9 Å². The van der Waals surface area contributed by atoms with E-state index in [4.69, 9.17) is 9.72 Å². The summed E-state index contributed by atoms with van der Waals surface area (Å²) in [4.78, 5) is 36.9. The fraction of sp³-hybridized carbons (Fsp3) is 0.429. The molecular formula is C28H34N6O3. The third-order valence-electron chi connectivity index (χ3n) is 6.74. The molecule has 0 aliphatic carbocycles. The Morgan fingerprint density at radius 1 is 1.19 bits per heavy atom. The molecule has 1 aromatic carbocycles. The van der Waals surface area contributed by atoms with Crippen LogP contribution in [-0.4, -0.2) is 60.7 Å². The lowest BCUT2D eigenvalue weighted by molar-refractivity contribution is 0.0452. The van der Waals surface area contributed by atoms with Crippen LogP contribution in [0.1, 0.15) is 50.9 Å². The second-order valence-corrected chi connectivity index (χ2v) is 10.6. The Hall–Kier alpha value is -3.88. The lowest BCUT2D eigenvalue weighted by Gasteiger charge is -2.33. The van der Waals surface area contributed by atoms with Gasteiger partial charge < -0.3 is 24.1 Å². The normalized spacial score (nSPS) is 16.4. The van der Waals surface area contributed by atoms with Gasteiger partial charge >= 0.3 is 6.09 Å². The van der Waals surface area contributed by atoms with Gasteiger partial charge in [-0.3, -0.25) is 4.79 Å². The number of alkyl carbamates (subject to hydrolysis) is 1. The van der Waals surface area contributed by atoms with Crippen molar-refractivity contribution in [3.8, 4) is 11.5 Å². The number of imidazole rings is 1. The molecule has 1 fully saturated rings. The third kappa shape index (κ3) is 4.90. The molecule has 37 heavy (non-hydrogen) atoms. The van der Waals surface area contributed by atoms with Crippen LogP contribution in [0.25, 0.3) is 33.6 Å². The average molecular weight is 503 g/mol. The number of rotatable bonds is 4. The Kier molecular flexibility index (Phi) is 6.39. The minimum absolute atomic E-state index is 0.111. The van der Waals surface area contributed by atoms with E-state index in [1.807, 2.05) is 50.6 Å². The lowest BCUT2D eigenvalue weighted by Crippen LogP contribution is -2.50. The monoisotopic (exact) mass is 502 g/mol. The highest BCUT2D eigenvalue weighted by molar-refractivity contribution is 5.97. The van der Waals surface area contributed by atoms with Gasteiger partial charge in [-0.1, -0.05) is 18.2 Å². The number of carbonyl (C=O) groups excluding carboxylic acids is 2. The van der Waals surface area contributed by atoms with E-state index in [0.29, 0.717) is 24.2 Å². The molecule has 194 valence electrons. The number of fused-ring (bicyclic) bond motifs is 2. The van der Waals surface area contributed by atoms with Crippen molar-refractivity contribution in [1.82, 2.24) is 29.3 Å². The molecule has 3 aromatic heterocycles. The second kappa shape index (κ2) is 9.53. The minimum atomic E-state index is -0.567. The average Bonchev–Trinajstić information content (AvgIpc) is 3.39. The Morgan fingerprint density at radius 2 is 1.97 bits per heavy atom. The molecule has 1 N–H and O–H groups in total. The van der Waals surface area contributed by atoms with Crippen LogP contribution < -0.4 is 5.32 Å². The third-order valence-corrected chi connectivity index (χ3v) is 6.74. The molecule has 1 saturated heterocycles. The molecule has 4 heterocycles.